The van der Waals surface area contributed by atoms with Gasteiger partial charge < -0.3 is 0 Å². The highest BCUT2D eigenvalue weighted by atomic mass is 35.5. The van der Waals surface area contributed by atoms with E-state index in [0.717, 1.165) is 22.8 Å². The maximum atomic E-state index is 6.04. The summed E-state index contributed by atoms with van der Waals surface area (Å²) < 4.78 is 0. The van der Waals surface area contributed by atoms with E-state index < -0.39 is 0 Å². The highest BCUT2D eigenvalue weighted by Crippen LogP contribution is 2.30. The first-order valence-electron chi connectivity index (χ1n) is 4.80. The maximum absolute atomic E-state index is 6.04. The summed E-state index contributed by atoms with van der Waals surface area (Å²) in [5, 5.41) is 1.62. The molecule has 0 aliphatic heterocycles. The summed E-state index contributed by atoms with van der Waals surface area (Å²) in [6, 6.07) is 0. The van der Waals surface area contributed by atoms with Crippen LogP contribution in [0.5, 0.6) is 0 Å². The number of aromatic nitrogens is 2. The summed E-state index contributed by atoms with van der Waals surface area (Å²) in [5.74, 6) is 1.45. The molecule has 0 bridgehead atoms. The van der Waals surface area contributed by atoms with Crippen LogP contribution in [-0.4, -0.2) is 15.7 Å². The van der Waals surface area contributed by atoms with Crippen LogP contribution in [0.4, 0.5) is 0 Å². The van der Waals surface area contributed by atoms with Crippen LogP contribution in [0.15, 0.2) is 11.4 Å². The fraction of sp³-hybridized carbons (Fsp3) is 0.600. The van der Waals surface area contributed by atoms with E-state index in [1.807, 2.05) is 0 Å². The van der Waals surface area contributed by atoms with E-state index in [9.17, 15) is 0 Å². The van der Waals surface area contributed by atoms with E-state index in [0.29, 0.717) is 11.1 Å². The maximum Gasteiger partial charge on any atom is 0.137 e. The van der Waals surface area contributed by atoms with Crippen LogP contribution in [0.2, 0.25) is 5.15 Å². The van der Waals surface area contributed by atoms with Crippen molar-refractivity contribution < 1.29 is 0 Å². The van der Waals surface area contributed by atoms with Gasteiger partial charge in [0, 0.05) is 5.56 Å². The summed E-state index contributed by atoms with van der Waals surface area (Å²) in [6.07, 6.45) is 2.68. The minimum atomic E-state index is 0.378. The van der Waals surface area contributed by atoms with Crippen molar-refractivity contribution >= 4 is 23.4 Å². The van der Waals surface area contributed by atoms with Crippen molar-refractivity contribution in [3.05, 3.63) is 17.0 Å². The van der Waals surface area contributed by atoms with E-state index in [1.165, 1.54) is 6.33 Å². The predicted octanol–water partition coefficient (Wildman–Crippen LogP) is 3.76. The molecule has 14 heavy (non-hydrogen) atoms. The number of halogens is 1. The van der Waals surface area contributed by atoms with Crippen LogP contribution in [0.1, 0.15) is 38.7 Å². The molecule has 0 saturated heterocycles. The smallest absolute Gasteiger partial charge is 0.137 e. The van der Waals surface area contributed by atoms with Gasteiger partial charge in [0.25, 0.3) is 0 Å². The topological polar surface area (TPSA) is 25.8 Å². The number of rotatable bonds is 4. The summed E-state index contributed by atoms with van der Waals surface area (Å²) in [6.45, 7) is 6.38. The number of hydrogen-bond donors (Lipinski definition) is 0. The minimum Gasteiger partial charge on any atom is -0.230 e. The van der Waals surface area contributed by atoms with Crippen molar-refractivity contribution in [1.82, 2.24) is 9.97 Å². The van der Waals surface area contributed by atoms with Gasteiger partial charge in [0.05, 0.1) is 0 Å². The Morgan fingerprint density at radius 1 is 1.43 bits per heavy atom. The van der Waals surface area contributed by atoms with Gasteiger partial charge in [0.2, 0.25) is 0 Å². The molecular formula is C10H15ClN2S. The van der Waals surface area contributed by atoms with Gasteiger partial charge in [-0.3, -0.25) is 0 Å². The third-order valence-corrected chi connectivity index (χ3v) is 3.33. The number of thioether (sulfide) groups is 1. The first-order chi connectivity index (χ1) is 6.66. The lowest BCUT2D eigenvalue weighted by Crippen LogP contribution is -1.98. The molecule has 0 saturated carbocycles. The Morgan fingerprint density at radius 3 is 2.71 bits per heavy atom. The summed E-state index contributed by atoms with van der Waals surface area (Å²) in [4.78, 5) is 8.28. The lowest BCUT2D eigenvalue weighted by molar-refractivity contribution is 0.802. The standard InChI is InChI=1S/C10H15ClN2S/c1-4-5-14-10-8(7(2)3)9(11)12-6-13-10/h6-7H,4-5H2,1-3H3. The Bertz CT molecular complexity index is 302. The molecule has 4 heteroatoms. The van der Waals surface area contributed by atoms with Crippen LogP contribution in [-0.2, 0) is 0 Å². The molecule has 0 atom stereocenters. The highest BCUT2D eigenvalue weighted by molar-refractivity contribution is 7.99. The Kier molecular flexibility index (Phi) is 4.69. The molecule has 78 valence electrons. The minimum absolute atomic E-state index is 0.378. The normalized spacial score (nSPS) is 10.9. The largest absolute Gasteiger partial charge is 0.230 e. The molecule has 1 rings (SSSR count). The fourth-order valence-electron chi connectivity index (χ4n) is 1.16. The van der Waals surface area contributed by atoms with Crippen LogP contribution >= 0.6 is 23.4 Å². The average Bonchev–Trinajstić information content (AvgIpc) is 2.14. The lowest BCUT2D eigenvalue weighted by Gasteiger charge is -2.11. The molecule has 0 aliphatic rings. The van der Waals surface area contributed by atoms with Crippen LogP contribution in [0, 0.1) is 0 Å². The van der Waals surface area contributed by atoms with Gasteiger partial charge in [0.1, 0.15) is 16.5 Å². The van der Waals surface area contributed by atoms with Crippen molar-refractivity contribution in [3.8, 4) is 0 Å². The second kappa shape index (κ2) is 5.56. The molecule has 0 unspecified atom stereocenters. The molecule has 1 heterocycles. The summed E-state index contributed by atoms with van der Waals surface area (Å²) in [7, 11) is 0. The Morgan fingerprint density at radius 2 is 2.14 bits per heavy atom. The van der Waals surface area contributed by atoms with Crippen LogP contribution in [0.25, 0.3) is 0 Å². The molecule has 0 amide bonds. The highest BCUT2D eigenvalue weighted by Gasteiger charge is 2.13. The van der Waals surface area contributed by atoms with Crippen molar-refractivity contribution in [2.24, 2.45) is 0 Å². The molecule has 0 aromatic carbocycles. The van der Waals surface area contributed by atoms with Gasteiger partial charge in [-0.2, -0.15) is 0 Å². The predicted molar refractivity (Wildman–Crippen MR) is 62.1 cm³/mol. The Labute approximate surface area is 94.5 Å². The molecule has 0 spiro atoms. The number of nitrogens with zero attached hydrogens (tertiary/aromatic N) is 2. The van der Waals surface area contributed by atoms with E-state index in [2.05, 4.69) is 30.7 Å². The third-order valence-electron chi connectivity index (χ3n) is 1.82. The molecule has 2 nitrogen and oxygen atoms in total. The van der Waals surface area contributed by atoms with E-state index in [1.54, 1.807) is 11.8 Å². The van der Waals surface area contributed by atoms with Crippen molar-refractivity contribution in [2.75, 3.05) is 5.75 Å². The van der Waals surface area contributed by atoms with Gasteiger partial charge >= 0.3 is 0 Å². The summed E-state index contributed by atoms with van der Waals surface area (Å²) >= 11 is 7.79. The Hall–Kier alpha value is -0.280. The number of hydrogen-bond acceptors (Lipinski definition) is 3. The van der Waals surface area contributed by atoms with Gasteiger partial charge in [-0.1, -0.05) is 32.4 Å². The molecule has 0 aliphatic carbocycles. The lowest BCUT2D eigenvalue weighted by atomic mass is 10.1. The van der Waals surface area contributed by atoms with E-state index in [-0.39, 0.29) is 0 Å². The third kappa shape index (κ3) is 2.85. The molecular weight excluding hydrogens is 216 g/mol. The zero-order valence-corrected chi connectivity index (χ0v) is 10.3. The van der Waals surface area contributed by atoms with Crippen molar-refractivity contribution in [2.45, 2.75) is 38.1 Å². The molecule has 0 fully saturated rings. The second-order valence-electron chi connectivity index (χ2n) is 3.39. The SMILES string of the molecule is CCCSc1ncnc(Cl)c1C(C)C. The zero-order chi connectivity index (χ0) is 10.6. The fourth-order valence-corrected chi connectivity index (χ4v) is 2.57. The van der Waals surface area contributed by atoms with Gasteiger partial charge in [-0.15, -0.1) is 11.8 Å². The van der Waals surface area contributed by atoms with Crippen molar-refractivity contribution in [3.63, 3.8) is 0 Å². The van der Waals surface area contributed by atoms with Gasteiger partial charge in [-0.25, -0.2) is 9.97 Å². The second-order valence-corrected chi connectivity index (χ2v) is 4.83. The molecule has 0 N–H and O–H groups in total. The molecule has 1 aromatic heterocycles. The van der Waals surface area contributed by atoms with E-state index in [4.69, 9.17) is 11.6 Å². The van der Waals surface area contributed by atoms with Crippen molar-refractivity contribution in [1.29, 1.82) is 0 Å². The Balaban J connectivity index is 2.96. The first-order valence-corrected chi connectivity index (χ1v) is 6.16. The van der Waals surface area contributed by atoms with Crippen LogP contribution < -0.4 is 0 Å². The van der Waals surface area contributed by atoms with Crippen LogP contribution in [0.3, 0.4) is 0 Å². The van der Waals surface area contributed by atoms with E-state index >= 15 is 0 Å². The molecule has 0 radical (unpaired) electrons. The molecule has 1 aromatic rings. The quantitative estimate of drug-likeness (QED) is 0.582. The van der Waals surface area contributed by atoms with Gasteiger partial charge in [0.15, 0.2) is 0 Å². The zero-order valence-electron chi connectivity index (χ0n) is 8.75. The van der Waals surface area contributed by atoms with Gasteiger partial charge in [-0.05, 0) is 18.1 Å². The monoisotopic (exact) mass is 230 g/mol. The summed E-state index contributed by atoms with van der Waals surface area (Å²) in [5.41, 5.74) is 1.08. The average molecular weight is 231 g/mol. The first kappa shape index (κ1) is 11.8.